The number of aliphatic carboxylic acids is 1. The Balaban J connectivity index is 3.29. The molecule has 0 saturated carbocycles. The predicted molar refractivity (Wildman–Crippen MR) is 96.3 cm³/mol. The summed E-state index contributed by atoms with van der Waals surface area (Å²) >= 11 is 0. The molecular weight excluding hydrogens is 272 g/mol. The van der Waals surface area contributed by atoms with E-state index in [9.17, 15) is 4.79 Å². The van der Waals surface area contributed by atoms with Gasteiger partial charge in [-0.05, 0) is 46.0 Å². The highest BCUT2D eigenvalue weighted by molar-refractivity contribution is 5.73. The SMILES string of the molecule is CCCCCCCC/C=C\CCCCCCC(C)(C)C(=O)O. The average Bonchev–Trinajstić information content (AvgIpc) is 2.47. The maximum atomic E-state index is 11.0. The van der Waals surface area contributed by atoms with Gasteiger partial charge in [-0.25, -0.2) is 0 Å². The topological polar surface area (TPSA) is 37.3 Å². The van der Waals surface area contributed by atoms with E-state index in [0.717, 1.165) is 19.3 Å². The summed E-state index contributed by atoms with van der Waals surface area (Å²) in [6, 6.07) is 0. The van der Waals surface area contributed by atoms with Crippen LogP contribution in [0.5, 0.6) is 0 Å². The Morgan fingerprint density at radius 3 is 1.77 bits per heavy atom. The Labute approximate surface area is 138 Å². The lowest BCUT2D eigenvalue weighted by Gasteiger charge is -2.18. The van der Waals surface area contributed by atoms with Gasteiger partial charge in [0.25, 0.3) is 0 Å². The van der Waals surface area contributed by atoms with E-state index in [1.54, 1.807) is 0 Å². The molecule has 0 atom stereocenters. The van der Waals surface area contributed by atoms with Crippen LogP contribution < -0.4 is 0 Å². The fourth-order valence-corrected chi connectivity index (χ4v) is 2.57. The lowest BCUT2D eigenvalue weighted by Crippen LogP contribution is -2.23. The zero-order chi connectivity index (χ0) is 16.7. The van der Waals surface area contributed by atoms with Gasteiger partial charge in [0, 0.05) is 0 Å². The predicted octanol–water partition coefficient (Wildman–Crippen LogP) is 6.74. The van der Waals surface area contributed by atoms with E-state index >= 15 is 0 Å². The van der Waals surface area contributed by atoms with E-state index in [0.29, 0.717) is 0 Å². The van der Waals surface area contributed by atoms with Crippen molar-refractivity contribution >= 4 is 5.97 Å². The summed E-state index contributed by atoms with van der Waals surface area (Å²) in [5.74, 6) is -0.676. The number of hydrogen-bond donors (Lipinski definition) is 1. The van der Waals surface area contributed by atoms with Crippen LogP contribution >= 0.6 is 0 Å². The van der Waals surface area contributed by atoms with Crippen molar-refractivity contribution in [3.05, 3.63) is 12.2 Å². The monoisotopic (exact) mass is 310 g/mol. The molecule has 0 saturated heterocycles. The molecular formula is C20H38O2. The second-order valence-corrected chi connectivity index (χ2v) is 7.17. The van der Waals surface area contributed by atoms with E-state index in [-0.39, 0.29) is 0 Å². The molecule has 2 heteroatoms. The van der Waals surface area contributed by atoms with Crippen molar-refractivity contribution in [1.29, 1.82) is 0 Å². The van der Waals surface area contributed by atoms with Gasteiger partial charge in [0.1, 0.15) is 0 Å². The first-order chi connectivity index (χ1) is 10.5. The molecule has 0 aliphatic rings. The van der Waals surface area contributed by atoms with Crippen LogP contribution in [0.4, 0.5) is 0 Å². The van der Waals surface area contributed by atoms with Crippen LogP contribution in [-0.2, 0) is 4.79 Å². The van der Waals surface area contributed by atoms with Crippen molar-refractivity contribution in [1.82, 2.24) is 0 Å². The van der Waals surface area contributed by atoms with Gasteiger partial charge in [0.15, 0.2) is 0 Å². The van der Waals surface area contributed by atoms with Gasteiger partial charge < -0.3 is 5.11 Å². The molecule has 0 fully saturated rings. The molecule has 0 radical (unpaired) electrons. The minimum Gasteiger partial charge on any atom is -0.481 e. The number of allylic oxidation sites excluding steroid dienone is 2. The van der Waals surface area contributed by atoms with Gasteiger partial charge in [-0.2, -0.15) is 0 Å². The molecule has 0 aromatic carbocycles. The van der Waals surface area contributed by atoms with Gasteiger partial charge in [0.2, 0.25) is 0 Å². The molecule has 2 nitrogen and oxygen atoms in total. The van der Waals surface area contributed by atoms with Crippen LogP contribution in [0.15, 0.2) is 12.2 Å². The molecule has 0 bridgehead atoms. The molecule has 0 unspecified atom stereocenters. The van der Waals surface area contributed by atoms with Gasteiger partial charge in [-0.3, -0.25) is 4.79 Å². The van der Waals surface area contributed by atoms with Crippen molar-refractivity contribution in [2.75, 3.05) is 0 Å². The molecule has 0 aromatic rings. The summed E-state index contributed by atoms with van der Waals surface area (Å²) in [5, 5.41) is 9.04. The van der Waals surface area contributed by atoms with E-state index < -0.39 is 11.4 Å². The minimum atomic E-state index is -0.676. The second-order valence-electron chi connectivity index (χ2n) is 7.17. The first-order valence-electron chi connectivity index (χ1n) is 9.39. The van der Waals surface area contributed by atoms with E-state index in [1.807, 2.05) is 13.8 Å². The molecule has 0 amide bonds. The second kappa shape index (κ2) is 13.8. The fraction of sp³-hybridized carbons (Fsp3) is 0.850. The first kappa shape index (κ1) is 21.2. The van der Waals surface area contributed by atoms with Crippen molar-refractivity contribution in [2.24, 2.45) is 5.41 Å². The van der Waals surface area contributed by atoms with E-state index in [1.165, 1.54) is 64.2 Å². The Kier molecular flexibility index (Phi) is 13.3. The number of carbonyl (C=O) groups is 1. The number of carboxylic acid groups (broad SMARTS) is 1. The van der Waals surface area contributed by atoms with Gasteiger partial charge in [-0.1, -0.05) is 70.4 Å². The normalized spacial score (nSPS) is 12.1. The van der Waals surface area contributed by atoms with Gasteiger partial charge >= 0.3 is 5.97 Å². The first-order valence-corrected chi connectivity index (χ1v) is 9.39. The number of carboxylic acids is 1. The fourth-order valence-electron chi connectivity index (χ4n) is 2.57. The molecule has 0 aromatic heterocycles. The minimum absolute atomic E-state index is 0.559. The summed E-state index contributed by atoms with van der Waals surface area (Å²) < 4.78 is 0. The van der Waals surface area contributed by atoms with Crippen molar-refractivity contribution < 1.29 is 9.90 Å². The molecule has 0 spiro atoms. The van der Waals surface area contributed by atoms with Crippen LogP contribution in [0.3, 0.4) is 0 Å². The highest BCUT2D eigenvalue weighted by Gasteiger charge is 2.25. The van der Waals surface area contributed by atoms with Crippen molar-refractivity contribution in [2.45, 2.75) is 104 Å². The molecule has 22 heavy (non-hydrogen) atoms. The van der Waals surface area contributed by atoms with Crippen molar-refractivity contribution in [3.8, 4) is 0 Å². The van der Waals surface area contributed by atoms with Crippen LogP contribution in [-0.4, -0.2) is 11.1 Å². The molecule has 0 aliphatic heterocycles. The zero-order valence-corrected chi connectivity index (χ0v) is 15.2. The Morgan fingerprint density at radius 2 is 1.27 bits per heavy atom. The maximum absolute atomic E-state index is 11.0. The molecule has 0 heterocycles. The number of rotatable bonds is 15. The molecule has 1 N–H and O–H groups in total. The zero-order valence-electron chi connectivity index (χ0n) is 15.2. The lowest BCUT2D eigenvalue weighted by molar-refractivity contribution is -0.147. The van der Waals surface area contributed by atoms with Crippen LogP contribution in [0.1, 0.15) is 104 Å². The standard InChI is InChI=1S/C20H38O2/c1-4-5-6-7-8-9-10-11-12-13-14-15-16-17-18-20(2,3)19(21)22/h11-12H,4-10,13-18H2,1-3H3,(H,21,22)/b12-11-. The summed E-state index contributed by atoms with van der Waals surface area (Å²) in [4.78, 5) is 11.0. The van der Waals surface area contributed by atoms with Crippen LogP contribution in [0.2, 0.25) is 0 Å². The summed E-state index contributed by atoms with van der Waals surface area (Å²) in [5.41, 5.74) is -0.559. The van der Waals surface area contributed by atoms with Crippen molar-refractivity contribution in [3.63, 3.8) is 0 Å². The average molecular weight is 311 g/mol. The molecule has 0 aliphatic carbocycles. The third kappa shape index (κ3) is 12.9. The summed E-state index contributed by atoms with van der Waals surface area (Å²) in [6.45, 7) is 5.90. The summed E-state index contributed by atoms with van der Waals surface area (Å²) in [7, 11) is 0. The highest BCUT2D eigenvalue weighted by Crippen LogP contribution is 2.24. The lowest BCUT2D eigenvalue weighted by atomic mass is 9.87. The molecule has 130 valence electrons. The van der Waals surface area contributed by atoms with Crippen LogP contribution in [0, 0.1) is 5.41 Å². The summed E-state index contributed by atoms with van der Waals surface area (Å²) in [6.07, 6.45) is 20.7. The Bertz CT molecular complexity index is 292. The Hall–Kier alpha value is -0.790. The van der Waals surface area contributed by atoms with Gasteiger partial charge in [-0.15, -0.1) is 0 Å². The highest BCUT2D eigenvalue weighted by atomic mass is 16.4. The van der Waals surface area contributed by atoms with E-state index in [4.69, 9.17) is 5.11 Å². The van der Waals surface area contributed by atoms with E-state index in [2.05, 4.69) is 19.1 Å². The quantitative estimate of drug-likeness (QED) is 0.268. The number of unbranched alkanes of at least 4 members (excludes halogenated alkanes) is 10. The van der Waals surface area contributed by atoms with Crippen LogP contribution in [0.25, 0.3) is 0 Å². The number of hydrogen-bond acceptors (Lipinski definition) is 1. The molecule has 0 rings (SSSR count). The third-order valence-corrected chi connectivity index (χ3v) is 4.39. The largest absolute Gasteiger partial charge is 0.481 e. The smallest absolute Gasteiger partial charge is 0.309 e. The van der Waals surface area contributed by atoms with Gasteiger partial charge in [0.05, 0.1) is 5.41 Å². The maximum Gasteiger partial charge on any atom is 0.309 e. The Morgan fingerprint density at radius 1 is 0.818 bits per heavy atom. The third-order valence-electron chi connectivity index (χ3n) is 4.39.